The molecule has 1 fully saturated rings. The van der Waals surface area contributed by atoms with E-state index in [9.17, 15) is 13.2 Å². The standard InChI is InChI=1S/C22H35NO5S/c1-16(2)20-15-18(11-13-23(20)21(24)28-22(4,5)6)12-14-27-29(25,26)19-9-7-17(3)8-10-19/h7-10,16,18,20H,11-15H2,1-6H3. The molecule has 1 aromatic rings. The van der Waals surface area contributed by atoms with Gasteiger partial charge in [0.1, 0.15) is 5.60 Å². The summed E-state index contributed by atoms with van der Waals surface area (Å²) in [5.74, 6) is 0.608. The van der Waals surface area contributed by atoms with Crippen LogP contribution in [-0.2, 0) is 19.0 Å². The van der Waals surface area contributed by atoms with Gasteiger partial charge in [-0.05, 0) is 70.9 Å². The Morgan fingerprint density at radius 3 is 2.38 bits per heavy atom. The quantitative estimate of drug-likeness (QED) is 0.614. The normalized spacial score (nSPS) is 20.7. The molecule has 29 heavy (non-hydrogen) atoms. The van der Waals surface area contributed by atoms with E-state index in [4.69, 9.17) is 8.92 Å². The molecule has 0 N–H and O–H groups in total. The molecule has 1 heterocycles. The monoisotopic (exact) mass is 425 g/mol. The van der Waals surface area contributed by atoms with E-state index in [0.29, 0.717) is 24.8 Å². The molecular weight excluding hydrogens is 390 g/mol. The summed E-state index contributed by atoms with van der Waals surface area (Å²) in [5.41, 5.74) is 0.480. The van der Waals surface area contributed by atoms with Crippen molar-refractivity contribution in [3.63, 3.8) is 0 Å². The number of hydrogen-bond acceptors (Lipinski definition) is 5. The molecule has 2 rings (SSSR count). The number of rotatable bonds is 6. The molecule has 1 saturated heterocycles. The SMILES string of the molecule is Cc1ccc(S(=O)(=O)OCCC2CCN(C(=O)OC(C)(C)C)C(C(C)C)C2)cc1. The summed E-state index contributed by atoms with van der Waals surface area (Å²) in [6, 6.07) is 6.74. The summed E-state index contributed by atoms with van der Waals surface area (Å²) in [5, 5.41) is 0. The topological polar surface area (TPSA) is 72.9 Å². The van der Waals surface area contributed by atoms with Crippen LogP contribution in [0.4, 0.5) is 4.79 Å². The first-order valence-corrected chi connectivity index (χ1v) is 11.8. The maximum absolute atomic E-state index is 12.6. The van der Waals surface area contributed by atoms with E-state index < -0.39 is 15.7 Å². The lowest BCUT2D eigenvalue weighted by molar-refractivity contribution is -0.00371. The lowest BCUT2D eigenvalue weighted by Gasteiger charge is -2.42. The van der Waals surface area contributed by atoms with Crippen molar-refractivity contribution in [3.8, 4) is 0 Å². The maximum atomic E-state index is 12.6. The second kappa shape index (κ2) is 9.47. The molecule has 0 saturated carbocycles. The van der Waals surface area contributed by atoms with Crippen molar-refractivity contribution >= 4 is 16.2 Å². The predicted octanol–water partition coefficient (Wildman–Crippen LogP) is 4.76. The minimum Gasteiger partial charge on any atom is -0.444 e. The highest BCUT2D eigenvalue weighted by atomic mass is 32.2. The molecule has 6 nitrogen and oxygen atoms in total. The number of ether oxygens (including phenoxy) is 1. The number of carbonyl (C=O) groups is 1. The van der Waals surface area contributed by atoms with Crippen molar-refractivity contribution in [1.29, 1.82) is 0 Å². The van der Waals surface area contributed by atoms with E-state index in [0.717, 1.165) is 18.4 Å². The molecule has 1 aliphatic rings. The molecular formula is C22H35NO5S. The Labute approximate surface area is 175 Å². The summed E-state index contributed by atoms with van der Waals surface area (Å²) < 4.78 is 35.5. The second-order valence-electron chi connectivity index (χ2n) is 9.25. The highest BCUT2D eigenvalue weighted by molar-refractivity contribution is 7.86. The smallest absolute Gasteiger partial charge is 0.410 e. The van der Waals surface area contributed by atoms with Gasteiger partial charge in [0.15, 0.2) is 0 Å². The number of piperidine rings is 1. The van der Waals surface area contributed by atoms with Gasteiger partial charge in [0.05, 0.1) is 11.5 Å². The first-order valence-electron chi connectivity index (χ1n) is 10.3. The van der Waals surface area contributed by atoms with E-state index in [1.54, 1.807) is 24.3 Å². The fourth-order valence-electron chi connectivity index (χ4n) is 3.61. The van der Waals surface area contributed by atoms with Crippen molar-refractivity contribution in [3.05, 3.63) is 29.8 Å². The van der Waals surface area contributed by atoms with Gasteiger partial charge in [-0.25, -0.2) is 4.79 Å². The first kappa shape index (κ1) is 23.7. The molecule has 1 aliphatic heterocycles. The highest BCUT2D eigenvalue weighted by Gasteiger charge is 2.35. The molecule has 164 valence electrons. The number of carbonyl (C=O) groups excluding carboxylic acids is 1. The van der Waals surface area contributed by atoms with E-state index in [2.05, 4.69) is 13.8 Å². The third-order valence-electron chi connectivity index (χ3n) is 5.23. The van der Waals surface area contributed by atoms with Crippen LogP contribution in [-0.4, -0.2) is 44.2 Å². The zero-order valence-corrected chi connectivity index (χ0v) is 19.3. The van der Waals surface area contributed by atoms with Crippen molar-refractivity contribution < 1.29 is 22.1 Å². The third-order valence-corrected chi connectivity index (χ3v) is 6.55. The summed E-state index contributed by atoms with van der Waals surface area (Å²) in [6.45, 7) is 12.5. The molecule has 2 atom stereocenters. The summed E-state index contributed by atoms with van der Waals surface area (Å²) in [7, 11) is -3.74. The first-order chi connectivity index (χ1) is 13.4. The number of likely N-dealkylation sites (tertiary alicyclic amines) is 1. The number of amides is 1. The van der Waals surface area contributed by atoms with E-state index in [-0.39, 0.29) is 23.6 Å². The average molecular weight is 426 g/mol. The van der Waals surface area contributed by atoms with Gasteiger partial charge in [0, 0.05) is 12.6 Å². The van der Waals surface area contributed by atoms with Gasteiger partial charge >= 0.3 is 6.09 Å². The van der Waals surface area contributed by atoms with Crippen LogP contribution in [0.15, 0.2) is 29.2 Å². The Bertz CT molecular complexity index is 780. The molecule has 2 unspecified atom stereocenters. The van der Waals surface area contributed by atoms with Gasteiger partial charge in [0.2, 0.25) is 0 Å². The van der Waals surface area contributed by atoms with Crippen molar-refractivity contribution in [2.24, 2.45) is 11.8 Å². The Morgan fingerprint density at radius 1 is 1.21 bits per heavy atom. The van der Waals surface area contributed by atoms with E-state index in [1.165, 1.54) is 0 Å². The lowest BCUT2D eigenvalue weighted by atomic mass is 9.84. The number of benzene rings is 1. The van der Waals surface area contributed by atoms with Gasteiger partial charge in [-0.1, -0.05) is 31.5 Å². The molecule has 0 radical (unpaired) electrons. The third kappa shape index (κ3) is 7.00. The van der Waals surface area contributed by atoms with Gasteiger partial charge < -0.3 is 9.64 Å². The minimum absolute atomic E-state index is 0.0808. The molecule has 0 aromatic heterocycles. The minimum atomic E-state index is -3.74. The number of hydrogen-bond donors (Lipinski definition) is 0. The average Bonchev–Trinajstić information content (AvgIpc) is 2.60. The summed E-state index contributed by atoms with van der Waals surface area (Å²) >= 11 is 0. The van der Waals surface area contributed by atoms with Crippen LogP contribution in [0.3, 0.4) is 0 Å². The highest BCUT2D eigenvalue weighted by Crippen LogP contribution is 2.31. The Morgan fingerprint density at radius 2 is 1.83 bits per heavy atom. The largest absolute Gasteiger partial charge is 0.444 e. The summed E-state index contributed by atoms with van der Waals surface area (Å²) in [6.07, 6.45) is 2.02. The van der Waals surface area contributed by atoms with Crippen LogP contribution < -0.4 is 0 Å². The molecule has 0 aliphatic carbocycles. The van der Waals surface area contributed by atoms with Crippen molar-refractivity contribution in [2.45, 2.75) is 77.3 Å². The van der Waals surface area contributed by atoms with Crippen molar-refractivity contribution in [1.82, 2.24) is 4.90 Å². The Balaban J connectivity index is 1.91. The van der Waals surface area contributed by atoms with E-state index in [1.807, 2.05) is 32.6 Å². The van der Waals surface area contributed by atoms with Crippen LogP contribution in [0, 0.1) is 18.8 Å². The fourth-order valence-corrected chi connectivity index (χ4v) is 4.53. The van der Waals surface area contributed by atoms with Crippen LogP contribution >= 0.6 is 0 Å². The molecule has 1 amide bonds. The van der Waals surface area contributed by atoms with Gasteiger partial charge in [-0.3, -0.25) is 4.18 Å². The molecule has 7 heteroatoms. The second-order valence-corrected chi connectivity index (χ2v) is 10.9. The fraction of sp³-hybridized carbons (Fsp3) is 0.682. The van der Waals surface area contributed by atoms with Gasteiger partial charge in [0.25, 0.3) is 10.1 Å². The van der Waals surface area contributed by atoms with Crippen LogP contribution in [0.2, 0.25) is 0 Å². The van der Waals surface area contributed by atoms with Crippen LogP contribution in [0.1, 0.15) is 59.4 Å². The number of nitrogens with zero attached hydrogens (tertiary/aromatic N) is 1. The Kier molecular flexibility index (Phi) is 7.74. The maximum Gasteiger partial charge on any atom is 0.410 e. The number of aryl methyl sites for hydroxylation is 1. The van der Waals surface area contributed by atoms with Gasteiger partial charge in [-0.15, -0.1) is 0 Å². The predicted molar refractivity (Wildman–Crippen MR) is 113 cm³/mol. The lowest BCUT2D eigenvalue weighted by Crippen LogP contribution is -2.50. The Hall–Kier alpha value is -1.60. The van der Waals surface area contributed by atoms with Crippen LogP contribution in [0.5, 0.6) is 0 Å². The van der Waals surface area contributed by atoms with Crippen molar-refractivity contribution in [2.75, 3.05) is 13.2 Å². The van der Waals surface area contributed by atoms with Gasteiger partial charge in [-0.2, -0.15) is 8.42 Å². The molecule has 0 bridgehead atoms. The van der Waals surface area contributed by atoms with Crippen LogP contribution in [0.25, 0.3) is 0 Å². The molecule has 1 aromatic carbocycles. The van der Waals surface area contributed by atoms with E-state index >= 15 is 0 Å². The zero-order chi connectivity index (χ0) is 21.8. The summed E-state index contributed by atoms with van der Waals surface area (Å²) in [4.78, 5) is 14.6. The zero-order valence-electron chi connectivity index (χ0n) is 18.5. The molecule has 0 spiro atoms.